The Hall–Kier alpha value is -4.52. The van der Waals surface area contributed by atoms with Crippen LogP contribution in [0.15, 0.2) is 48.9 Å². The Morgan fingerprint density at radius 3 is 2.84 bits per heavy atom. The lowest BCUT2D eigenvalue weighted by molar-refractivity contribution is 0.584. The molecule has 1 aromatic carbocycles. The molecular weight excluding hydrogens is 409 g/mol. The second-order valence-electron chi connectivity index (χ2n) is 7.44. The third-order valence-electron chi connectivity index (χ3n) is 5.01. The van der Waals surface area contributed by atoms with Crippen molar-refractivity contribution in [3.63, 3.8) is 0 Å². The number of aromatic nitrogens is 7. The average Bonchev–Trinajstić information content (AvgIpc) is 3.49. The van der Waals surface area contributed by atoms with Crippen LogP contribution in [0.25, 0.3) is 16.9 Å². The summed E-state index contributed by atoms with van der Waals surface area (Å²) in [5, 5.41) is 24.0. The lowest BCUT2D eigenvalue weighted by Gasteiger charge is -2.08. The zero-order valence-electron chi connectivity index (χ0n) is 17.3. The van der Waals surface area contributed by atoms with Crippen molar-refractivity contribution in [1.82, 2.24) is 34.3 Å². The fraction of sp³-hybridized carbons (Fsp3) is 0.136. The van der Waals surface area contributed by atoms with Gasteiger partial charge in [0.1, 0.15) is 11.5 Å². The van der Waals surface area contributed by atoms with Gasteiger partial charge < -0.3 is 5.32 Å². The predicted molar refractivity (Wildman–Crippen MR) is 116 cm³/mol. The molecule has 0 aliphatic carbocycles. The number of aromatic amines is 1. The molecule has 0 amide bonds. The van der Waals surface area contributed by atoms with Crippen molar-refractivity contribution in [3.8, 4) is 17.3 Å². The fourth-order valence-electron chi connectivity index (χ4n) is 3.51. The van der Waals surface area contributed by atoms with Gasteiger partial charge in [0.2, 0.25) is 5.95 Å². The number of hydrogen-bond donors (Lipinski definition) is 2. The maximum Gasteiger partial charge on any atom is 0.215 e. The van der Waals surface area contributed by atoms with Crippen molar-refractivity contribution in [2.45, 2.75) is 20.4 Å². The van der Waals surface area contributed by atoms with Crippen molar-refractivity contribution < 1.29 is 4.39 Å². The highest BCUT2D eigenvalue weighted by atomic mass is 19.1. The number of H-pyrrole nitrogens is 1. The molecule has 0 unspecified atom stereocenters. The van der Waals surface area contributed by atoms with Gasteiger partial charge >= 0.3 is 0 Å². The number of aryl methyl sites for hydroxylation is 2. The Balaban J connectivity index is 1.52. The van der Waals surface area contributed by atoms with Gasteiger partial charge in [0.25, 0.3) is 0 Å². The highest BCUT2D eigenvalue weighted by molar-refractivity contribution is 5.66. The largest absolute Gasteiger partial charge is 0.308 e. The van der Waals surface area contributed by atoms with Crippen LogP contribution in [0.3, 0.4) is 0 Å². The third-order valence-corrected chi connectivity index (χ3v) is 5.01. The van der Waals surface area contributed by atoms with Gasteiger partial charge in [-0.05, 0) is 26.0 Å². The Morgan fingerprint density at radius 2 is 2.06 bits per heavy atom. The van der Waals surface area contributed by atoms with Gasteiger partial charge in [-0.1, -0.05) is 6.07 Å². The molecule has 4 aromatic heterocycles. The molecule has 0 radical (unpaired) electrons. The lowest BCUT2D eigenvalue weighted by Crippen LogP contribution is -2.05. The number of nitrogens with zero attached hydrogens (tertiary/aromatic N) is 7. The zero-order chi connectivity index (χ0) is 22.2. The molecule has 4 heterocycles. The first-order valence-corrected chi connectivity index (χ1v) is 9.86. The third kappa shape index (κ3) is 3.56. The number of fused-ring (bicyclic) bond motifs is 1. The predicted octanol–water partition coefficient (Wildman–Crippen LogP) is 3.74. The van der Waals surface area contributed by atoms with E-state index in [1.54, 1.807) is 23.1 Å². The molecule has 5 rings (SSSR count). The van der Waals surface area contributed by atoms with Crippen LogP contribution in [0.5, 0.6) is 0 Å². The molecule has 0 fully saturated rings. The summed E-state index contributed by atoms with van der Waals surface area (Å²) in [6, 6.07) is 10.2. The Kier molecular flexibility index (Phi) is 4.63. The normalized spacial score (nSPS) is 11.1. The molecule has 9 nitrogen and oxygen atoms in total. The molecular formula is C22H18FN9. The minimum Gasteiger partial charge on any atom is -0.308 e. The number of nitrogens with one attached hydrogen (secondary N) is 2. The van der Waals surface area contributed by atoms with Crippen molar-refractivity contribution in [1.29, 1.82) is 5.26 Å². The number of halogens is 1. The SMILES string of the molecule is Cc1cn2c(Nc3cc(C)[nH]n3)nc(-c3cnn(Cc4c(F)cccc4C#N)c3)cc2n1. The van der Waals surface area contributed by atoms with Gasteiger partial charge in [0, 0.05) is 41.3 Å². The summed E-state index contributed by atoms with van der Waals surface area (Å²) in [4.78, 5) is 9.30. The van der Waals surface area contributed by atoms with Crippen LogP contribution in [-0.4, -0.2) is 34.3 Å². The number of nitriles is 1. The van der Waals surface area contributed by atoms with Gasteiger partial charge in [-0.25, -0.2) is 14.4 Å². The second kappa shape index (κ2) is 7.63. The van der Waals surface area contributed by atoms with E-state index >= 15 is 0 Å². The molecule has 0 saturated carbocycles. The Morgan fingerprint density at radius 1 is 1.19 bits per heavy atom. The lowest BCUT2D eigenvalue weighted by atomic mass is 10.1. The van der Waals surface area contributed by atoms with Crippen LogP contribution in [0.1, 0.15) is 22.5 Å². The highest BCUT2D eigenvalue weighted by Crippen LogP contribution is 2.24. The van der Waals surface area contributed by atoms with E-state index < -0.39 is 5.82 Å². The Bertz CT molecular complexity index is 1490. The molecule has 0 saturated heterocycles. The summed E-state index contributed by atoms with van der Waals surface area (Å²) < 4.78 is 17.7. The molecule has 5 aromatic rings. The fourth-order valence-corrected chi connectivity index (χ4v) is 3.51. The van der Waals surface area contributed by atoms with Crippen molar-refractivity contribution in [2.24, 2.45) is 0 Å². The summed E-state index contributed by atoms with van der Waals surface area (Å²) in [5.74, 6) is 0.756. The first kappa shape index (κ1) is 19.4. The maximum absolute atomic E-state index is 14.3. The smallest absolute Gasteiger partial charge is 0.215 e. The molecule has 0 bridgehead atoms. The van der Waals surface area contributed by atoms with Gasteiger partial charge in [-0.2, -0.15) is 15.5 Å². The van der Waals surface area contributed by atoms with E-state index in [0.717, 1.165) is 22.6 Å². The van der Waals surface area contributed by atoms with E-state index in [4.69, 9.17) is 4.98 Å². The summed E-state index contributed by atoms with van der Waals surface area (Å²) in [6.07, 6.45) is 5.31. The van der Waals surface area contributed by atoms with Crippen molar-refractivity contribution >= 4 is 17.4 Å². The second-order valence-corrected chi connectivity index (χ2v) is 7.44. The molecule has 32 heavy (non-hydrogen) atoms. The van der Waals surface area contributed by atoms with Gasteiger partial charge in [-0.15, -0.1) is 0 Å². The van der Waals surface area contributed by atoms with Crippen LogP contribution in [-0.2, 0) is 6.54 Å². The van der Waals surface area contributed by atoms with Crippen LogP contribution in [0.4, 0.5) is 16.2 Å². The molecule has 10 heteroatoms. The van der Waals surface area contributed by atoms with Gasteiger partial charge in [-0.3, -0.25) is 14.2 Å². The minimum atomic E-state index is -0.436. The van der Waals surface area contributed by atoms with Crippen molar-refractivity contribution in [2.75, 3.05) is 5.32 Å². The van der Waals surface area contributed by atoms with Gasteiger partial charge in [0.15, 0.2) is 5.82 Å². The van der Waals surface area contributed by atoms with E-state index in [9.17, 15) is 9.65 Å². The topological polar surface area (TPSA) is 113 Å². The van der Waals surface area contributed by atoms with E-state index in [0.29, 0.717) is 23.0 Å². The van der Waals surface area contributed by atoms with Crippen LogP contribution in [0.2, 0.25) is 0 Å². The minimum absolute atomic E-state index is 0.137. The number of imidazole rings is 1. The summed E-state index contributed by atoms with van der Waals surface area (Å²) in [5.41, 5.74) is 4.47. The molecule has 0 spiro atoms. The van der Waals surface area contributed by atoms with Crippen molar-refractivity contribution in [3.05, 3.63) is 77.3 Å². The van der Waals surface area contributed by atoms with Gasteiger partial charge in [0.05, 0.1) is 35.8 Å². The Labute approximate surface area is 182 Å². The maximum atomic E-state index is 14.3. The number of benzene rings is 1. The summed E-state index contributed by atoms with van der Waals surface area (Å²) >= 11 is 0. The first-order valence-electron chi connectivity index (χ1n) is 9.86. The molecule has 158 valence electrons. The summed E-state index contributed by atoms with van der Waals surface area (Å²) in [7, 11) is 0. The zero-order valence-corrected chi connectivity index (χ0v) is 17.3. The van der Waals surface area contributed by atoms with Crippen LogP contribution < -0.4 is 5.32 Å². The van der Waals surface area contributed by atoms with E-state index in [2.05, 4.69) is 25.6 Å². The van der Waals surface area contributed by atoms with Crippen LogP contribution in [0, 0.1) is 31.0 Å². The molecule has 2 N–H and O–H groups in total. The summed E-state index contributed by atoms with van der Waals surface area (Å²) in [6.45, 7) is 3.97. The average molecular weight is 427 g/mol. The molecule has 0 atom stereocenters. The quantitative estimate of drug-likeness (QED) is 0.442. The molecule has 0 aliphatic rings. The number of rotatable bonds is 5. The van der Waals surface area contributed by atoms with E-state index in [-0.39, 0.29) is 12.1 Å². The number of hydrogen-bond acceptors (Lipinski definition) is 6. The first-order chi connectivity index (χ1) is 15.5. The number of anilines is 2. The van der Waals surface area contributed by atoms with E-state index in [1.165, 1.54) is 12.1 Å². The standard InChI is InChI=1S/C22H18FN9/c1-13-6-20(30-29-13)28-22-27-19(7-21-26-14(2)10-32(21)22)16-9-25-31(11-16)12-17-15(8-24)4-3-5-18(17)23/h3-7,9-11H,12H2,1-2H3,(H2,27,28,29,30). The molecule has 0 aliphatic heterocycles. The van der Waals surface area contributed by atoms with E-state index in [1.807, 2.05) is 42.6 Å². The highest BCUT2D eigenvalue weighted by Gasteiger charge is 2.14. The van der Waals surface area contributed by atoms with Crippen LogP contribution >= 0.6 is 0 Å². The monoisotopic (exact) mass is 427 g/mol.